The lowest BCUT2D eigenvalue weighted by atomic mass is 10.2. The number of amides is 1. The summed E-state index contributed by atoms with van der Waals surface area (Å²) in [5.41, 5.74) is 5.06. The van der Waals surface area contributed by atoms with Crippen molar-refractivity contribution in [2.45, 2.75) is 25.0 Å². The van der Waals surface area contributed by atoms with E-state index in [0.29, 0.717) is 19.7 Å². The largest absolute Gasteiger partial charge is 0.465 e. The second-order valence-corrected chi connectivity index (χ2v) is 7.22. The Morgan fingerprint density at radius 2 is 1.92 bits per heavy atom. The van der Waals surface area contributed by atoms with Crippen LogP contribution in [-0.2, 0) is 19.6 Å². The molecule has 9 nitrogen and oxygen atoms in total. The first-order chi connectivity index (χ1) is 11.3. The van der Waals surface area contributed by atoms with E-state index in [9.17, 15) is 18.0 Å². The van der Waals surface area contributed by atoms with Crippen LogP contribution in [0.5, 0.6) is 0 Å². The lowest BCUT2D eigenvalue weighted by Crippen LogP contribution is -2.53. The number of carbonyl (C=O) groups is 2. The number of nitrogens with two attached hydrogens (primary N) is 1. The summed E-state index contributed by atoms with van der Waals surface area (Å²) < 4.78 is 36.3. The van der Waals surface area contributed by atoms with Gasteiger partial charge in [-0.25, -0.2) is 8.42 Å². The summed E-state index contributed by atoms with van der Waals surface area (Å²) in [5.74, 6) is -1.36. The molecule has 1 saturated heterocycles. The molecule has 1 atom stereocenters. The highest BCUT2D eigenvalue weighted by molar-refractivity contribution is 7.89. The third kappa shape index (κ3) is 3.77. The number of furan rings is 1. The highest BCUT2D eigenvalue weighted by Gasteiger charge is 2.34. The van der Waals surface area contributed by atoms with Crippen LogP contribution in [0.3, 0.4) is 0 Å². The van der Waals surface area contributed by atoms with Gasteiger partial charge >= 0.3 is 5.97 Å². The Kier molecular flexibility index (Phi) is 5.62. The van der Waals surface area contributed by atoms with Crippen molar-refractivity contribution in [2.75, 3.05) is 32.8 Å². The molecule has 1 amide bonds. The highest BCUT2D eigenvalue weighted by atomic mass is 32.2. The molecule has 2 rings (SSSR count). The summed E-state index contributed by atoms with van der Waals surface area (Å²) >= 11 is 0. The Bertz CT molecular complexity index is 706. The van der Waals surface area contributed by atoms with Crippen molar-refractivity contribution in [3.63, 3.8) is 0 Å². The Morgan fingerprint density at radius 3 is 2.42 bits per heavy atom. The summed E-state index contributed by atoms with van der Waals surface area (Å²) in [6.45, 7) is 4.97. The summed E-state index contributed by atoms with van der Waals surface area (Å²) in [7, 11) is -3.84. The molecule has 0 bridgehead atoms. The molecule has 1 fully saturated rings. The maximum atomic E-state index is 12.5. The van der Waals surface area contributed by atoms with Crippen molar-refractivity contribution in [1.29, 1.82) is 0 Å². The molecular formula is C14H21N3O6S. The van der Waals surface area contributed by atoms with Gasteiger partial charge in [0, 0.05) is 26.2 Å². The maximum absolute atomic E-state index is 12.5. The van der Waals surface area contributed by atoms with Crippen LogP contribution >= 0.6 is 0 Å². The predicted molar refractivity (Wildman–Crippen MR) is 83.7 cm³/mol. The Labute approximate surface area is 140 Å². The van der Waals surface area contributed by atoms with Crippen LogP contribution < -0.4 is 5.73 Å². The summed E-state index contributed by atoms with van der Waals surface area (Å²) in [4.78, 5) is 24.6. The minimum absolute atomic E-state index is 0.205. The zero-order chi connectivity index (χ0) is 17.9. The zero-order valence-electron chi connectivity index (χ0n) is 13.6. The van der Waals surface area contributed by atoms with Gasteiger partial charge in [0.15, 0.2) is 5.76 Å². The van der Waals surface area contributed by atoms with Crippen LogP contribution in [0.15, 0.2) is 21.6 Å². The minimum atomic E-state index is -3.84. The molecule has 1 aliphatic rings. The van der Waals surface area contributed by atoms with Crippen LogP contribution in [0.4, 0.5) is 0 Å². The number of hydrogen-bond acceptors (Lipinski definition) is 7. The lowest BCUT2D eigenvalue weighted by molar-refractivity contribution is -0.149. The van der Waals surface area contributed by atoms with E-state index in [1.54, 1.807) is 13.8 Å². The van der Waals surface area contributed by atoms with Crippen LogP contribution in [0.2, 0.25) is 0 Å². The number of rotatable bonds is 6. The van der Waals surface area contributed by atoms with E-state index in [-0.39, 0.29) is 29.9 Å². The Morgan fingerprint density at radius 1 is 1.29 bits per heavy atom. The molecule has 1 aliphatic heterocycles. The molecule has 0 spiro atoms. The van der Waals surface area contributed by atoms with Crippen LogP contribution in [0, 0.1) is 0 Å². The van der Waals surface area contributed by atoms with Crippen molar-refractivity contribution >= 4 is 21.9 Å². The van der Waals surface area contributed by atoms with Gasteiger partial charge in [0.05, 0.1) is 6.61 Å². The van der Waals surface area contributed by atoms with Gasteiger partial charge in [-0.3, -0.25) is 14.5 Å². The fourth-order valence-corrected chi connectivity index (χ4v) is 3.80. The smallest absolute Gasteiger partial charge is 0.323 e. The first-order valence-corrected chi connectivity index (χ1v) is 9.01. The molecule has 0 radical (unpaired) electrons. The van der Waals surface area contributed by atoms with Crippen molar-refractivity contribution in [2.24, 2.45) is 5.73 Å². The average molecular weight is 359 g/mol. The topological polar surface area (TPSA) is 123 Å². The van der Waals surface area contributed by atoms with Gasteiger partial charge in [-0.2, -0.15) is 4.31 Å². The fourth-order valence-electron chi connectivity index (χ4n) is 2.46. The SMILES string of the molecule is CCOC(=O)C(C)N1CCN(S(=O)(=O)c2ccc(C(N)=O)o2)CC1. The molecule has 1 unspecified atom stereocenters. The van der Waals surface area contributed by atoms with E-state index >= 15 is 0 Å². The van der Waals surface area contributed by atoms with E-state index in [1.165, 1.54) is 16.4 Å². The molecule has 10 heteroatoms. The van der Waals surface area contributed by atoms with E-state index < -0.39 is 22.0 Å². The van der Waals surface area contributed by atoms with Gasteiger partial charge in [0.2, 0.25) is 5.09 Å². The number of piperazine rings is 1. The summed E-state index contributed by atoms with van der Waals surface area (Å²) in [5, 5.41) is -0.316. The number of hydrogen-bond donors (Lipinski definition) is 1. The van der Waals surface area contributed by atoms with Crippen molar-refractivity contribution < 1.29 is 27.2 Å². The standard InChI is InChI=1S/C14H21N3O6S/c1-3-22-14(19)10(2)16-6-8-17(9-7-16)24(20,21)12-5-4-11(23-12)13(15)18/h4-5,10H,3,6-9H2,1-2H3,(H2,15,18). The van der Waals surface area contributed by atoms with E-state index in [4.69, 9.17) is 14.9 Å². The van der Waals surface area contributed by atoms with Gasteiger partial charge in [-0.1, -0.05) is 0 Å². The van der Waals surface area contributed by atoms with Gasteiger partial charge in [-0.15, -0.1) is 0 Å². The third-order valence-corrected chi connectivity index (χ3v) is 5.64. The molecule has 2 N–H and O–H groups in total. The number of nitrogens with zero attached hydrogens (tertiary/aromatic N) is 2. The minimum Gasteiger partial charge on any atom is -0.465 e. The molecule has 1 aromatic heterocycles. The number of esters is 1. The van der Waals surface area contributed by atoms with Crippen LogP contribution in [0.25, 0.3) is 0 Å². The number of primary amides is 1. The zero-order valence-corrected chi connectivity index (χ0v) is 14.4. The van der Waals surface area contributed by atoms with Crippen molar-refractivity contribution in [3.05, 3.63) is 17.9 Å². The Balaban J connectivity index is 2.02. The molecule has 0 saturated carbocycles. The predicted octanol–water partition coefficient (Wildman–Crippen LogP) is -0.364. The quantitative estimate of drug-likeness (QED) is 0.688. The van der Waals surface area contributed by atoms with E-state index in [2.05, 4.69) is 0 Å². The number of carbonyl (C=O) groups excluding carboxylic acids is 2. The van der Waals surface area contributed by atoms with Gasteiger partial charge in [-0.05, 0) is 26.0 Å². The second kappa shape index (κ2) is 7.32. The molecule has 0 aliphatic carbocycles. The summed E-state index contributed by atoms with van der Waals surface area (Å²) in [6, 6.07) is 2.01. The molecule has 1 aromatic rings. The van der Waals surface area contributed by atoms with E-state index in [0.717, 1.165) is 0 Å². The van der Waals surface area contributed by atoms with Crippen LogP contribution in [-0.4, -0.2) is 68.3 Å². The molecule has 2 heterocycles. The molecular weight excluding hydrogens is 338 g/mol. The van der Waals surface area contributed by atoms with Gasteiger partial charge in [0.25, 0.3) is 15.9 Å². The lowest BCUT2D eigenvalue weighted by Gasteiger charge is -2.35. The average Bonchev–Trinajstić information content (AvgIpc) is 3.05. The maximum Gasteiger partial charge on any atom is 0.323 e. The first kappa shape index (κ1) is 18.4. The third-order valence-electron chi connectivity index (χ3n) is 3.87. The Hall–Kier alpha value is -1.91. The molecule has 0 aromatic carbocycles. The number of sulfonamides is 1. The highest BCUT2D eigenvalue weighted by Crippen LogP contribution is 2.20. The molecule has 134 valence electrons. The van der Waals surface area contributed by atoms with Crippen molar-refractivity contribution in [1.82, 2.24) is 9.21 Å². The first-order valence-electron chi connectivity index (χ1n) is 7.57. The van der Waals surface area contributed by atoms with Crippen molar-refractivity contribution in [3.8, 4) is 0 Å². The fraction of sp³-hybridized carbons (Fsp3) is 0.571. The monoisotopic (exact) mass is 359 g/mol. The van der Waals surface area contributed by atoms with Gasteiger partial charge < -0.3 is 14.9 Å². The number of ether oxygens (including phenoxy) is 1. The van der Waals surface area contributed by atoms with Gasteiger partial charge in [0.1, 0.15) is 6.04 Å². The van der Waals surface area contributed by atoms with Crippen LogP contribution in [0.1, 0.15) is 24.4 Å². The summed E-state index contributed by atoms with van der Waals surface area (Å²) in [6.07, 6.45) is 0. The molecule has 24 heavy (non-hydrogen) atoms. The normalized spacial score (nSPS) is 18.2. The second-order valence-electron chi connectivity index (χ2n) is 5.35. The van der Waals surface area contributed by atoms with E-state index in [1.807, 2.05) is 4.90 Å².